The third kappa shape index (κ3) is 2.91. The fourth-order valence-corrected chi connectivity index (χ4v) is 2.62. The van der Waals surface area contributed by atoms with Crippen LogP contribution in [0.5, 0.6) is 5.75 Å². The van der Waals surface area contributed by atoms with E-state index in [0.29, 0.717) is 11.1 Å². The molecule has 4 nitrogen and oxygen atoms in total. The van der Waals surface area contributed by atoms with E-state index in [1.54, 1.807) is 7.11 Å². The predicted molar refractivity (Wildman–Crippen MR) is 96.8 cm³/mol. The van der Waals surface area contributed by atoms with E-state index < -0.39 is 0 Å². The third-order valence-corrected chi connectivity index (χ3v) is 3.91. The summed E-state index contributed by atoms with van der Waals surface area (Å²) in [6.45, 7) is 3.75. The molecule has 0 aliphatic carbocycles. The minimum absolute atomic E-state index is 0.132. The zero-order chi connectivity index (χ0) is 17.1. The number of hydrogen-bond donors (Lipinski definition) is 1. The summed E-state index contributed by atoms with van der Waals surface area (Å²) in [6, 6.07) is 15.2. The number of aliphatic hydroxyl groups is 1. The summed E-state index contributed by atoms with van der Waals surface area (Å²) >= 11 is 0. The standard InChI is InChI=1S/C20H19NO3/c1-4-16-17-7-5-6-8-18(17)24-19(16)20(22)21-13(2)14-9-11-15(23-3)12-10-14/h4-12,22H,1-3H3/b16-4?,20-19-,21-13?. The SMILES string of the molecule is CC=c1/c(=C(/O)N=C(C)c2ccc(OC)cc2)oc2ccccc12. The monoisotopic (exact) mass is 321 g/mol. The van der Waals surface area contributed by atoms with Gasteiger partial charge in [0, 0.05) is 16.3 Å². The Labute approximate surface area is 140 Å². The van der Waals surface area contributed by atoms with Crippen molar-refractivity contribution in [3.05, 3.63) is 64.7 Å². The van der Waals surface area contributed by atoms with E-state index in [-0.39, 0.29) is 5.88 Å². The van der Waals surface area contributed by atoms with Crippen molar-refractivity contribution in [2.45, 2.75) is 13.8 Å². The van der Waals surface area contributed by atoms with E-state index in [2.05, 4.69) is 4.99 Å². The lowest BCUT2D eigenvalue weighted by Gasteiger charge is -2.02. The van der Waals surface area contributed by atoms with E-state index in [0.717, 1.165) is 27.5 Å². The number of benzene rings is 2. The molecule has 0 atom stereocenters. The van der Waals surface area contributed by atoms with E-state index in [1.165, 1.54) is 0 Å². The first-order valence-electron chi connectivity index (χ1n) is 7.71. The summed E-state index contributed by atoms with van der Waals surface area (Å²) in [5, 5.41) is 12.3. The van der Waals surface area contributed by atoms with Gasteiger partial charge in [-0.25, -0.2) is 4.99 Å². The summed E-state index contributed by atoms with van der Waals surface area (Å²) in [7, 11) is 1.62. The first-order valence-corrected chi connectivity index (χ1v) is 7.71. The van der Waals surface area contributed by atoms with Gasteiger partial charge in [-0.3, -0.25) is 0 Å². The lowest BCUT2D eigenvalue weighted by Crippen LogP contribution is -2.22. The first-order chi connectivity index (χ1) is 11.6. The Morgan fingerprint density at radius 1 is 1.12 bits per heavy atom. The molecule has 1 aromatic heterocycles. The van der Waals surface area contributed by atoms with Crippen molar-refractivity contribution in [2.75, 3.05) is 7.11 Å². The molecule has 0 fully saturated rings. The molecule has 3 rings (SSSR count). The molecule has 0 amide bonds. The number of aliphatic imine (C=N–C) groups is 1. The van der Waals surface area contributed by atoms with Crippen LogP contribution in [-0.2, 0) is 0 Å². The van der Waals surface area contributed by atoms with Gasteiger partial charge in [0.2, 0.25) is 0 Å². The number of methoxy groups -OCH3 is 1. The van der Waals surface area contributed by atoms with Crippen LogP contribution in [0.15, 0.2) is 57.9 Å². The zero-order valence-corrected chi connectivity index (χ0v) is 13.9. The van der Waals surface area contributed by atoms with Gasteiger partial charge < -0.3 is 14.3 Å². The lowest BCUT2D eigenvalue weighted by atomic mass is 10.1. The Hall–Kier alpha value is -3.01. The first kappa shape index (κ1) is 15.9. The highest BCUT2D eigenvalue weighted by Gasteiger charge is 2.07. The Balaban J connectivity index is 2.13. The summed E-state index contributed by atoms with van der Waals surface area (Å²) < 4.78 is 10.9. The molecule has 3 aromatic rings. The van der Waals surface area contributed by atoms with Crippen LogP contribution in [0.1, 0.15) is 19.4 Å². The molecule has 4 heteroatoms. The highest BCUT2D eigenvalue weighted by molar-refractivity contribution is 6.00. The average Bonchev–Trinajstić information content (AvgIpc) is 3.00. The Morgan fingerprint density at radius 3 is 2.50 bits per heavy atom. The van der Waals surface area contributed by atoms with Crippen LogP contribution in [0.3, 0.4) is 0 Å². The Morgan fingerprint density at radius 2 is 1.83 bits per heavy atom. The molecule has 1 N–H and O–H groups in total. The van der Waals surface area contributed by atoms with Crippen molar-refractivity contribution in [2.24, 2.45) is 4.99 Å². The fourth-order valence-electron chi connectivity index (χ4n) is 2.62. The predicted octanol–water partition coefficient (Wildman–Crippen LogP) is 3.37. The lowest BCUT2D eigenvalue weighted by molar-refractivity contribution is 0.415. The molecule has 0 radical (unpaired) electrons. The number of furan rings is 1. The smallest absolute Gasteiger partial charge is 0.256 e. The van der Waals surface area contributed by atoms with Crippen molar-refractivity contribution in [1.29, 1.82) is 0 Å². The maximum absolute atomic E-state index is 10.5. The van der Waals surface area contributed by atoms with Crippen LogP contribution in [0.2, 0.25) is 0 Å². The largest absolute Gasteiger partial charge is 0.497 e. The van der Waals surface area contributed by atoms with Gasteiger partial charge in [0.25, 0.3) is 5.88 Å². The van der Waals surface area contributed by atoms with Crippen LogP contribution in [0.25, 0.3) is 22.9 Å². The average molecular weight is 321 g/mol. The van der Waals surface area contributed by atoms with E-state index in [9.17, 15) is 5.11 Å². The van der Waals surface area contributed by atoms with Crippen LogP contribution >= 0.6 is 0 Å². The molecule has 122 valence electrons. The van der Waals surface area contributed by atoms with Gasteiger partial charge in [-0.1, -0.05) is 24.3 Å². The van der Waals surface area contributed by atoms with Crippen LogP contribution < -0.4 is 15.4 Å². The number of fused-ring (bicyclic) bond motifs is 1. The molecule has 0 aliphatic heterocycles. The molecule has 24 heavy (non-hydrogen) atoms. The van der Waals surface area contributed by atoms with Crippen LogP contribution in [-0.4, -0.2) is 17.9 Å². The second-order valence-electron chi connectivity index (χ2n) is 5.38. The maximum Gasteiger partial charge on any atom is 0.256 e. The van der Waals surface area contributed by atoms with Gasteiger partial charge in [0.05, 0.1) is 7.11 Å². The van der Waals surface area contributed by atoms with Gasteiger partial charge in [0.1, 0.15) is 11.3 Å². The molecule has 2 aromatic carbocycles. The molecular weight excluding hydrogens is 302 g/mol. The van der Waals surface area contributed by atoms with Gasteiger partial charge >= 0.3 is 0 Å². The minimum atomic E-state index is -0.132. The number of para-hydroxylation sites is 1. The molecule has 0 saturated heterocycles. The summed E-state index contributed by atoms with van der Waals surface area (Å²) in [4.78, 5) is 4.31. The summed E-state index contributed by atoms with van der Waals surface area (Å²) in [5.41, 5.74) is 2.70. The highest BCUT2D eigenvalue weighted by atomic mass is 16.5. The maximum atomic E-state index is 10.5. The molecule has 0 aliphatic rings. The van der Waals surface area contributed by atoms with E-state index >= 15 is 0 Å². The van der Waals surface area contributed by atoms with Crippen molar-refractivity contribution >= 4 is 28.6 Å². The van der Waals surface area contributed by atoms with Gasteiger partial charge in [-0.2, -0.15) is 0 Å². The quantitative estimate of drug-likeness (QED) is 0.753. The number of ether oxygens (including phenoxy) is 1. The number of aliphatic hydroxyl groups excluding tert-OH is 1. The zero-order valence-electron chi connectivity index (χ0n) is 13.9. The molecular formula is C20H19NO3. The topological polar surface area (TPSA) is 55.0 Å². The molecule has 0 spiro atoms. The van der Waals surface area contributed by atoms with Gasteiger partial charge in [-0.15, -0.1) is 0 Å². The van der Waals surface area contributed by atoms with Crippen molar-refractivity contribution in [1.82, 2.24) is 0 Å². The van der Waals surface area contributed by atoms with Crippen molar-refractivity contribution < 1.29 is 14.3 Å². The van der Waals surface area contributed by atoms with Gasteiger partial charge in [0.15, 0.2) is 5.42 Å². The minimum Gasteiger partial charge on any atom is -0.497 e. The third-order valence-electron chi connectivity index (χ3n) is 3.91. The van der Waals surface area contributed by atoms with Crippen LogP contribution in [0, 0.1) is 0 Å². The van der Waals surface area contributed by atoms with E-state index in [1.807, 2.05) is 68.5 Å². The second kappa shape index (κ2) is 6.62. The Bertz CT molecular complexity index is 1010. The molecule has 0 bridgehead atoms. The van der Waals surface area contributed by atoms with Crippen LogP contribution in [0.4, 0.5) is 0 Å². The molecule has 0 unspecified atom stereocenters. The second-order valence-corrected chi connectivity index (χ2v) is 5.38. The molecule has 0 saturated carbocycles. The fraction of sp³-hybridized carbons (Fsp3) is 0.150. The number of hydrogen-bond acceptors (Lipinski definition) is 4. The van der Waals surface area contributed by atoms with E-state index in [4.69, 9.17) is 9.15 Å². The van der Waals surface area contributed by atoms with Crippen molar-refractivity contribution in [3.8, 4) is 5.75 Å². The Kier molecular flexibility index (Phi) is 4.38. The number of rotatable bonds is 3. The summed E-state index contributed by atoms with van der Waals surface area (Å²) in [6.07, 6.45) is 1.91. The van der Waals surface area contributed by atoms with Gasteiger partial charge in [-0.05, 0) is 49.7 Å². The number of nitrogens with zero attached hydrogens (tertiary/aromatic N) is 1. The summed E-state index contributed by atoms with van der Waals surface area (Å²) in [5.74, 6) is 0.646. The molecule has 1 heterocycles. The van der Waals surface area contributed by atoms with Crippen molar-refractivity contribution in [3.63, 3.8) is 0 Å². The highest BCUT2D eigenvalue weighted by Crippen LogP contribution is 2.13. The normalized spacial score (nSPS) is 14.1.